The number of esters is 1. The van der Waals surface area contributed by atoms with Crippen molar-refractivity contribution in [2.45, 2.75) is 161 Å². The van der Waals surface area contributed by atoms with Crippen molar-refractivity contribution in [3.05, 3.63) is 122 Å². The number of carbonyl (C=O) groups excluding carboxylic acids is 2. The minimum absolute atomic E-state index is 0.0543. The third kappa shape index (κ3) is 47.3. The second-order valence-electron chi connectivity index (χ2n) is 14.6. The summed E-state index contributed by atoms with van der Waals surface area (Å²) in [6, 6.07) is 0. The molecule has 0 saturated carbocycles. The predicted molar refractivity (Wildman–Crippen MR) is 256 cm³/mol. The fourth-order valence-electron chi connectivity index (χ4n) is 5.45. The van der Waals surface area contributed by atoms with Crippen molar-refractivity contribution >= 4 is 19.7 Å². The first-order valence-electron chi connectivity index (χ1n) is 23.0. The van der Waals surface area contributed by atoms with E-state index in [9.17, 15) is 24.2 Å². The molecule has 2 atom stereocenters. The van der Waals surface area contributed by atoms with Gasteiger partial charge in [0.15, 0.2) is 0 Å². The molecule has 0 radical (unpaired) electrons. The van der Waals surface area contributed by atoms with Gasteiger partial charge < -0.3 is 20.1 Å². The normalized spacial score (nSPS) is 14.4. The Hall–Kier alpha value is -3.59. The number of hydrogen-bond acceptors (Lipinski definition) is 7. The molecule has 9 nitrogen and oxygen atoms in total. The predicted octanol–water partition coefficient (Wildman–Crippen LogP) is 13.3. The Balaban J connectivity index is 3.75. The Morgan fingerprint density at radius 1 is 0.525 bits per heavy atom. The van der Waals surface area contributed by atoms with Crippen LogP contribution in [-0.2, 0) is 27.9 Å². The molecule has 0 aromatic carbocycles. The molecule has 0 aromatic rings. The van der Waals surface area contributed by atoms with Gasteiger partial charge in [-0.2, -0.15) is 0 Å². The van der Waals surface area contributed by atoms with Gasteiger partial charge in [-0.15, -0.1) is 0 Å². The van der Waals surface area contributed by atoms with Crippen LogP contribution in [0.15, 0.2) is 122 Å². The highest BCUT2D eigenvalue weighted by Crippen LogP contribution is 2.42. The van der Waals surface area contributed by atoms with E-state index in [1.54, 1.807) is 0 Å². The lowest BCUT2D eigenvalue weighted by molar-refractivity contribution is -0.147. The van der Waals surface area contributed by atoms with Gasteiger partial charge in [0.1, 0.15) is 12.7 Å². The fraction of sp³-hybridized carbons (Fsp3) is 0.569. The molecule has 2 unspecified atom stereocenters. The number of hydrogen-bond donors (Lipinski definition) is 3. The number of carbonyl (C=O) groups is 2. The lowest BCUT2D eigenvalue weighted by Crippen LogP contribution is -2.27. The van der Waals surface area contributed by atoms with Crippen LogP contribution in [0.3, 0.4) is 0 Å². The van der Waals surface area contributed by atoms with Gasteiger partial charge in [0.05, 0.1) is 13.2 Å². The Kier molecular flexibility index (Phi) is 43.2. The summed E-state index contributed by atoms with van der Waals surface area (Å²) in [5.41, 5.74) is 0. The molecule has 0 aliphatic rings. The molecule has 0 aliphatic heterocycles. The highest BCUT2D eigenvalue weighted by atomic mass is 31.2. The molecular weight excluding hydrogens is 786 g/mol. The second kappa shape index (κ2) is 45.9. The first kappa shape index (κ1) is 57.4. The molecule has 0 rings (SSSR count). The average Bonchev–Trinajstić information content (AvgIpc) is 3.25. The van der Waals surface area contributed by atoms with E-state index in [1.165, 1.54) is 25.7 Å². The third-order valence-electron chi connectivity index (χ3n) is 8.89. The van der Waals surface area contributed by atoms with Crippen LogP contribution < -0.4 is 5.32 Å². The van der Waals surface area contributed by atoms with E-state index >= 15 is 0 Å². The summed E-state index contributed by atoms with van der Waals surface area (Å²) >= 11 is 0. The first-order valence-corrected chi connectivity index (χ1v) is 24.5. The van der Waals surface area contributed by atoms with E-state index in [-0.39, 0.29) is 32.1 Å². The minimum Gasteiger partial charge on any atom is -0.463 e. The maximum absolute atomic E-state index is 12.1. The molecule has 1 amide bonds. The van der Waals surface area contributed by atoms with Crippen molar-refractivity contribution in [2.24, 2.45) is 0 Å². The summed E-state index contributed by atoms with van der Waals surface area (Å²) in [7, 11) is -4.45. The van der Waals surface area contributed by atoms with Crippen LogP contribution in [0.1, 0.15) is 155 Å². The molecule has 0 fully saturated rings. The van der Waals surface area contributed by atoms with Crippen molar-refractivity contribution in [3.8, 4) is 0 Å². The number of unbranched alkanes of at least 4 members (excludes halogenated alkanes) is 8. The van der Waals surface area contributed by atoms with E-state index in [0.717, 1.165) is 96.3 Å². The number of phosphoric acid groups is 1. The SMILES string of the molecule is CC/C=C\C/C=C\C/C=C\C/C=C\C/C=C\C/C=C\CCC(=O)OCC(O)COP(=O)(O)OCCNC(=O)CCCCCCC/C=C\C/C=C\C/C=C\C/C=C\CCCCC. The van der Waals surface area contributed by atoms with E-state index in [0.29, 0.717) is 12.8 Å². The maximum Gasteiger partial charge on any atom is 0.472 e. The molecule has 0 aromatic heterocycles. The molecule has 0 heterocycles. The summed E-state index contributed by atoms with van der Waals surface area (Å²) in [6.07, 6.45) is 62.8. The highest BCUT2D eigenvalue weighted by Gasteiger charge is 2.23. The number of nitrogens with one attached hydrogen (secondary N) is 1. The molecule has 344 valence electrons. The zero-order chi connectivity index (χ0) is 44.6. The maximum atomic E-state index is 12.1. The molecule has 0 bridgehead atoms. The van der Waals surface area contributed by atoms with Crippen molar-refractivity contribution in [2.75, 3.05) is 26.4 Å². The standard InChI is InChI=1S/C51H82NO8P/c1-3-5-7-9-11-13-15-17-19-21-23-24-26-27-29-31-33-35-37-39-41-43-50(54)52-45-46-59-61(56,57)60-48-49(53)47-58-51(55)44-42-40-38-36-34-32-30-28-25-22-20-18-16-14-12-10-8-6-4-2/h6,8,11-14,17-20,23-25,27-29,32,34,38,40,49,53H,3-5,7,9-10,15-16,21-22,26,30-31,33,35-37,39,41-48H2,1-2H3,(H,52,54)(H,56,57)/b8-6-,13-11-,14-12-,19-17-,20-18-,24-23-,28-25-,29-27-,34-32-,40-38-. The summed E-state index contributed by atoms with van der Waals surface area (Å²) < 4.78 is 26.8. The van der Waals surface area contributed by atoms with Crippen LogP contribution in [0.4, 0.5) is 0 Å². The monoisotopic (exact) mass is 868 g/mol. The minimum atomic E-state index is -4.45. The Morgan fingerprint density at radius 2 is 0.951 bits per heavy atom. The summed E-state index contributed by atoms with van der Waals surface area (Å²) in [4.78, 5) is 33.9. The molecule has 3 N–H and O–H groups in total. The van der Waals surface area contributed by atoms with Gasteiger partial charge in [-0.05, 0) is 96.3 Å². The van der Waals surface area contributed by atoms with Crippen LogP contribution in [-0.4, -0.2) is 54.3 Å². The second-order valence-corrected chi connectivity index (χ2v) is 16.1. The number of amides is 1. The number of ether oxygens (including phenoxy) is 1. The molecular formula is C51H82NO8P. The molecule has 0 aliphatic carbocycles. The van der Waals surface area contributed by atoms with Crippen molar-refractivity contribution in [1.82, 2.24) is 5.32 Å². The highest BCUT2D eigenvalue weighted by molar-refractivity contribution is 7.47. The Bertz CT molecular complexity index is 1400. The number of aliphatic hydroxyl groups is 1. The largest absolute Gasteiger partial charge is 0.472 e. The van der Waals surface area contributed by atoms with Crippen molar-refractivity contribution in [3.63, 3.8) is 0 Å². The van der Waals surface area contributed by atoms with Gasteiger partial charge in [0, 0.05) is 19.4 Å². The van der Waals surface area contributed by atoms with Crippen LogP contribution >= 0.6 is 7.82 Å². The molecule has 0 spiro atoms. The van der Waals surface area contributed by atoms with Gasteiger partial charge >= 0.3 is 13.8 Å². The van der Waals surface area contributed by atoms with E-state index in [2.05, 4.69) is 129 Å². The first-order chi connectivity index (χ1) is 29.8. The van der Waals surface area contributed by atoms with Gasteiger partial charge in [0.2, 0.25) is 5.91 Å². The van der Waals surface area contributed by atoms with Gasteiger partial charge in [-0.1, -0.05) is 167 Å². The van der Waals surface area contributed by atoms with Crippen LogP contribution in [0.5, 0.6) is 0 Å². The summed E-state index contributed by atoms with van der Waals surface area (Å²) in [5.74, 6) is -0.632. The molecule has 61 heavy (non-hydrogen) atoms. The molecule has 0 saturated heterocycles. The lowest BCUT2D eigenvalue weighted by atomic mass is 10.1. The zero-order valence-corrected chi connectivity index (χ0v) is 38.7. The zero-order valence-electron chi connectivity index (χ0n) is 37.8. The molecule has 10 heteroatoms. The number of phosphoric ester groups is 1. The number of allylic oxidation sites excluding steroid dienone is 20. The summed E-state index contributed by atoms with van der Waals surface area (Å²) in [6.45, 7) is 3.27. The number of aliphatic hydroxyl groups excluding tert-OH is 1. The van der Waals surface area contributed by atoms with Gasteiger partial charge in [-0.3, -0.25) is 18.6 Å². The summed E-state index contributed by atoms with van der Waals surface area (Å²) in [5, 5.41) is 12.7. The van der Waals surface area contributed by atoms with Gasteiger partial charge in [-0.25, -0.2) is 4.57 Å². The van der Waals surface area contributed by atoms with Crippen LogP contribution in [0.2, 0.25) is 0 Å². The fourth-order valence-corrected chi connectivity index (χ4v) is 6.20. The average molecular weight is 868 g/mol. The van der Waals surface area contributed by atoms with Crippen LogP contribution in [0, 0.1) is 0 Å². The van der Waals surface area contributed by atoms with Crippen LogP contribution in [0.25, 0.3) is 0 Å². The van der Waals surface area contributed by atoms with E-state index in [1.807, 2.05) is 12.2 Å². The number of rotatable bonds is 41. The Morgan fingerprint density at radius 3 is 1.44 bits per heavy atom. The lowest BCUT2D eigenvalue weighted by Gasteiger charge is -2.15. The third-order valence-corrected chi connectivity index (χ3v) is 9.87. The van der Waals surface area contributed by atoms with E-state index < -0.39 is 26.5 Å². The van der Waals surface area contributed by atoms with E-state index in [4.69, 9.17) is 13.8 Å². The van der Waals surface area contributed by atoms with Gasteiger partial charge in [0.25, 0.3) is 0 Å². The quantitative estimate of drug-likeness (QED) is 0.0240. The topological polar surface area (TPSA) is 131 Å². The smallest absolute Gasteiger partial charge is 0.463 e. The van der Waals surface area contributed by atoms with Crippen molar-refractivity contribution < 1.29 is 37.9 Å². The van der Waals surface area contributed by atoms with Crippen molar-refractivity contribution in [1.29, 1.82) is 0 Å². The Labute approximate surface area is 370 Å².